The van der Waals surface area contributed by atoms with Crippen molar-refractivity contribution in [3.05, 3.63) is 47.6 Å². The molecule has 1 fully saturated rings. The van der Waals surface area contributed by atoms with E-state index in [9.17, 15) is 4.79 Å². The first-order valence-corrected chi connectivity index (χ1v) is 8.88. The van der Waals surface area contributed by atoms with E-state index in [0.29, 0.717) is 19.0 Å². The summed E-state index contributed by atoms with van der Waals surface area (Å²) in [6, 6.07) is 5.98. The minimum atomic E-state index is 0.0375. The van der Waals surface area contributed by atoms with Crippen molar-refractivity contribution in [1.29, 1.82) is 0 Å². The summed E-state index contributed by atoms with van der Waals surface area (Å²) in [4.78, 5) is 20.9. The standard InChI is InChI=1S/C19H26N4O2/c1-14(2)18-10-16(21-25-18)17-7-5-9-23(17)19(24)13-22(3)12-15-6-4-8-20-11-15/h4,6,8,10-11,14,17H,5,7,9,12-13H2,1-3H3/t17-/m0/s1. The maximum atomic E-state index is 12.8. The molecule has 0 unspecified atom stereocenters. The fourth-order valence-electron chi connectivity index (χ4n) is 3.29. The van der Waals surface area contributed by atoms with Crippen molar-refractivity contribution in [2.24, 2.45) is 0 Å². The van der Waals surface area contributed by atoms with Gasteiger partial charge in [0.1, 0.15) is 11.5 Å². The second-order valence-corrected chi connectivity index (χ2v) is 7.09. The number of carbonyl (C=O) groups excluding carboxylic acids is 1. The van der Waals surface area contributed by atoms with Crippen molar-refractivity contribution in [2.45, 2.75) is 45.2 Å². The van der Waals surface area contributed by atoms with E-state index in [1.165, 1.54) is 0 Å². The van der Waals surface area contributed by atoms with Crippen LogP contribution in [0.25, 0.3) is 0 Å². The average Bonchev–Trinajstić information content (AvgIpc) is 3.24. The molecule has 1 amide bonds. The zero-order chi connectivity index (χ0) is 17.8. The van der Waals surface area contributed by atoms with Crippen LogP contribution in [-0.2, 0) is 11.3 Å². The molecule has 6 heteroatoms. The molecule has 3 rings (SSSR count). The molecular weight excluding hydrogens is 316 g/mol. The van der Waals surface area contributed by atoms with Crippen LogP contribution >= 0.6 is 0 Å². The Kier molecular flexibility index (Phi) is 5.48. The van der Waals surface area contributed by atoms with Crippen LogP contribution in [0.2, 0.25) is 0 Å². The van der Waals surface area contributed by atoms with Crippen molar-refractivity contribution >= 4 is 5.91 Å². The number of nitrogens with zero attached hydrogens (tertiary/aromatic N) is 4. The summed E-state index contributed by atoms with van der Waals surface area (Å²) in [5.41, 5.74) is 1.98. The Hall–Kier alpha value is -2.21. The van der Waals surface area contributed by atoms with E-state index < -0.39 is 0 Å². The first-order valence-electron chi connectivity index (χ1n) is 8.88. The summed E-state index contributed by atoms with van der Waals surface area (Å²) in [5, 5.41) is 4.21. The third kappa shape index (κ3) is 4.25. The highest BCUT2D eigenvalue weighted by Gasteiger charge is 2.32. The Morgan fingerprint density at radius 2 is 2.32 bits per heavy atom. The van der Waals surface area contributed by atoms with Crippen molar-refractivity contribution in [1.82, 2.24) is 19.9 Å². The number of hydrogen-bond acceptors (Lipinski definition) is 5. The van der Waals surface area contributed by atoms with E-state index in [1.54, 1.807) is 6.20 Å². The molecule has 2 aromatic rings. The second-order valence-electron chi connectivity index (χ2n) is 7.09. The minimum Gasteiger partial charge on any atom is -0.361 e. The molecule has 0 radical (unpaired) electrons. The van der Waals surface area contributed by atoms with Gasteiger partial charge in [0, 0.05) is 37.5 Å². The fraction of sp³-hybridized carbons (Fsp3) is 0.526. The maximum absolute atomic E-state index is 12.8. The van der Waals surface area contributed by atoms with Crippen LogP contribution in [0.1, 0.15) is 55.7 Å². The number of likely N-dealkylation sites (tertiary alicyclic amines) is 1. The van der Waals surface area contributed by atoms with Gasteiger partial charge in [-0.05, 0) is 31.5 Å². The summed E-state index contributed by atoms with van der Waals surface area (Å²) < 4.78 is 5.42. The summed E-state index contributed by atoms with van der Waals surface area (Å²) in [5.74, 6) is 1.32. The smallest absolute Gasteiger partial charge is 0.237 e. The van der Waals surface area contributed by atoms with Crippen LogP contribution in [0.15, 0.2) is 35.1 Å². The summed E-state index contributed by atoms with van der Waals surface area (Å²) in [6.45, 7) is 6.04. The topological polar surface area (TPSA) is 62.5 Å². The zero-order valence-electron chi connectivity index (χ0n) is 15.2. The lowest BCUT2D eigenvalue weighted by molar-refractivity contribution is -0.133. The molecule has 0 N–H and O–H groups in total. The lowest BCUT2D eigenvalue weighted by Gasteiger charge is -2.26. The van der Waals surface area contributed by atoms with Crippen LogP contribution in [0, 0.1) is 0 Å². The van der Waals surface area contributed by atoms with Crippen LogP contribution in [0.3, 0.4) is 0 Å². The third-order valence-electron chi connectivity index (χ3n) is 4.61. The SMILES string of the molecule is CC(C)c1cc([C@@H]2CCCN2C(=O)CN(C)Cc2cccnc2)no1. The van der Waals surface area contributed by atoms with Gasteiger partial charge >= 0.3 is 0 Å². The maximum Gasteiger partial charge on any atom is 0.237 e. The van der Waals surface area contributed by atoms with Crippen molar-refractivity contribution in [3.8, 4) is 0 Å². The molecule has 1 saturated heterocycles. The van der Waals surface area contributed by atoms with Crippen LogP contribution in [-0.4, -0.2) is 46.0 Å². The van der Waals surface area contributed by atoms with E-state index >= 15 is 0 Å². The molecule has 6 nitrogen and oxygen atoms in total. The van der Waals surface area contributed by atoms with Gasteiger partial charge in [0.25, 0.3) is 0 Å². The van der Waals surface area contributed by atoms with E-state index in [1.807, 2.05) is 41.2 Å². The highest BCUT2D eigenvalue weighted by molar-refractivity contribution is 5.79. The first kappa shape index (κ1) is 17.6. The summed E-state index contributed by atoms with van der Waals surface area (Å²) in [6.07, 6.45) is 5.55. The molecule has 3 heterocycles. The Bertz CT molecular complexity index is 698. The largest absolute Gasteiger partial charge is 0.361 e. The minimum absolute atomic E-state index is 0.0375. The normalized spacial score (nSPS) is 17.6. The lowest BCUT2D eigenvalue weighted by atomic mass is 10.1. The Morgan fingerprint density at radius 1 is 1.48 bits per heavy atom. The first-order chi connectivity index (χ1) is 12.0. The number of aromatic nitrogens is 2. The highest BCUT2D eigenvalue weighted by atomic mass is 16.5. The van der Waals surface area contributed by atoms with Gasteiger partial charge in [-0.25, -0.2) is 0 Å². The van der Waals surface area contributed by atoms with E-state index in [2.05, 4.69) is 24.0 Å². The number of pyridine rings is 1. The van der Waals surface area contributed by atoms with Gasteiger partial charge in [-0.2, -0.15) is 0 Å². The van der Waals surface area contributed by atoms with Gasteiger partial charge in [-0.3, -0.25) is 14.7 Å². The Labute approximate surface area is 148 Å². The van der Waals surface area contributed by atoms with Gasteiger partial charge in [0.2, 0.25) is 5.91 Å². The highest BCUT2D eigenvalue weighted by Crippen LogP contribution is 2.32. The van der Waals surface area contributed by atoms with Gasteiger partial charge in [0.05, 0.1) is 12.6 Å². The van der Waals surface area contributed by atoms with Crippen molar-refractivity contribution in [2.75, 3.05) is 20.1 Å². The van der Waals surface area contributed by atoms with E-state index in [0.717, 1.165) is 36.4 Å². The van der Waals surface area contributed by atoms with Gasteiger partial charge in [-0.15, -0.1) is 0 Å². The van der Waals surface area contributed by atoms with Gasteiger partial charge in [-0.1, -0.05) is 25.1 Å². The molecule has 2 aromatic heterocycles. The number of carbonyl (C=O) groups is 1. The monoisotopic (exact) mass is 342 g/mol. The van der Waals surface area contributed by atoms with Crippen LogP contribution < -0.4 is 0 Å². The van der Waals surface area contributed by atoms with Crippen molar-refractivity contribution < 1.29 is 9.32 Å². The molecular formula is C19H26N4O2. The summed E-state index contributed by atoms with van der Waals surface area (Å²) in [7, 11) is 1.96. The number of hydrogen-bond donors (Lipinski definition) is 0. The molecule has 0 spiro atoms. The molecule has 25 heavy (non-hydrogen) atoms. The van der Waals surface area contributed by atoms with Gasteiger partial charge in [0.15, 0.2) is 0 Å². The predicted octanol–water partition coefficient (Wildman–Crippen LogP) is 2.99. The van der Waals surface area contributed by atoms with Gasteiger partial charge < -0.3 is 9.42 Å². The molecule has 1 aliphatic heterocycles. The van der Waals surface area contributed by atoms with Crippen LogP contribution in [0.4, 0.5) is 0 Å². The molecule has 134 valence electrons. The third-order valence-corrected chi connectivity index (χ3v) is 4.61. The fourth-order valence-corrected chi connectivity index (χ4v) is 3.29. The Balaban J connectivity index is 1.62. The lowest BCUT2D eigenvalue weighted by Crippen LogP contribution is -2.38. The molecule has 0 aliphatic carbocycles. The zero-order valence-corrected chi connectivity index (χ0v) is 15.2. The summed E-state index contributed by atoms with van der Waals surface area (Å²) >= 11 is 0. The number of amides is 1. The van der Waals surface area contributed by atoms with Crippen molar-refractivity contribution in [3.63, 3.8) is 0 Å². The molecule has 1 atom stereocenters. The number of likely N-dealkylation sites (N-methyl/N-ethyl adjacent to an activating group) is 1. The quantitative estimate of drug-likeness (QED) is 0.807. The number of rotatable bonds is 6. The predicted molar refractivity (Wildman–Crippen MR) is 94.9 cm³/mol. The molecule has 0 bridgehead atoms. The van der Waals surface area contributed by atoms with E-state index in [-0.39, 0.29) is 11.9 Å². The second kappa shape index (κ2) is 7.78. The molecule has 0 aromatic carbocycles. The van der Waals surface area contributed by atoms with Crippen LogP contribution in [0.5, 0.6) is 0 Å². The average molecular weight is 342 g/mol. The molecule has 1 aliphatic rings. The van der Waals surface area contributed by atoms with E-state index in [4.69, 9.17) is 4.52 Å². The Morgan fingerprint density at radius 3 is 3.00 bits per heavy atom. The molecule has 0 saturated carbocycles.